The number of rotatable bonds is 0. The highest BCUT2D eigenvalue weighted by atomic mass is 16.6. The second-order valence-electron chi connectivity index (χ2n) is 8.49. The molecule has 0 atom stereocenters. The fourth-order valence-electron chi connectivity index (χ4n) is 4.56. The number of nitrogens with zero attached hydrogens (tertiary/aromatic N) is 1. The lowest BCUT2D eigenvalue weighted by molar-refractivity contribution is -0.0619. The van der Waals surface area contributed by atoms with Gasteiger partial charge in [-0.1, -0.05) is 6.42 Å². The lowest BCUT2D eigenvalue weighted by Gasteiger charge is -2.61. The highest BCUT2D eigenvalue weighted by molar-refractivity contribution is 5.68. The van der Waals surface area contributed by atoms with Crippen LogP contribution < -0.4 is 5.32 Å². The van der Waals surface area contributed by atoms with Gasteiger partial charge >= 0.3 is 6.09 Å². The monoisotopic (exact) mass is 294 g/mol. The standard InChI is InChI=1S/C17H30N2O2/c1-15(2,3)21-14(20)19-10-7-16(8-11-19)12-17(13-16)6-4-5-9-18-17/h18H,4-13H2,1-3H3. The maximum absolute atomic E-state index is 12.1. The van der Waals surface area contributed by atoms with Crippen LogP contribution in [0.2, 0.25) is 0 Å². The Morgan fingerprint density at radius 3 is 2.29 bits per heavy atom. The van der Waals surface area contributed by atoms with Gasteiger partial charge in [0.25, 0.3) is 0 Å². The number of piperidine rings is 2. The Labute approximate surface area is 128 Å². The van der Waals surface area contributed by atoms with Crippen molar-refractivity contribution in [3.8, 4) is 0 Å². The molecule has 2 saturated heterocycles. The first kappa shape index (κ1) is 15.1. The molecule has 1 N–H and O–H groups in total. The van der Waals surface area contributed by atoms with Crippen LogP contribution in [0.25, 0.3) is 0 Å². The number of nitrogens with one attached hydrogen (secondary N) is 1. The van der Waals surface area contributed by atoms with Crippen molar-refractivity contribution >= 4 is 6.09 Å². The summed E-state index contributed by atoms with van der Waals surface area (Å²) in [7, 11) is 0. The van der Waals surface area contributed by atoms with E-state index in [9.17, 15) is 4.79 Å². The van der Waals surface area contributed by atoms with Gasteiger partial charge in [-0.2, -0.15) is 0 Å². The van der Waals surface area contributed by atoms with Crippen molar-refractivity contribution in [1.82, 2.24) is 10.2 Å². The molecule has 0 aromatic carbocycles. The Hall–Kier alpha value is -0.770. The summed E-state index contributed by atoms with van der Waals surface area (Å²) in [6.45, 7) is 8.72. The van der Waals surface area contributed by atoms with Gasteiger partial charge in [0.05, 0.1) is 0 Å². The van der Waals surface area contributed by atoms with Gasteiger partial charge in [-0.3, -0.25) is 0 Å². The average molecular weight is 294 g/mol. The molecule has 0 aromatic rings. The summed E-state index contributed by atoms with van der Waals surface area (Å²) in [5, 5.41) is 3.76. The maximum Gasteiger partial charge on any atom is 0.410 e. The van der Waals surface area contributed by atoms with Crippen LogP contribution in [0.1, 0.15) is 65.7 Å². The van der Waals surface area contributed by atoms with Crippen molar-refractivity contribution in [3.63, 3.8) is 0 Å². The minimum absolute atomic E-state index is 0.137. The molecule has 0 aromatic heterocycles. The van der Waals surface area contributed by atoms with Gasteiger partial charge in [-0.15, -0.1) is 0 Å². The van der Waals surface area contributed by atoms with E-state index in [0.29, 0.717) is 11.0 Å². The van der Waals surface area contributed by atoms with Crippen molar-refractivity contribution in [2.45, 2.75) is 76.9 Å². The SMILES string of the molecule is CC(C)(C)OC(=O)N1CCC2(CC1)CC1(CCCCN1)C2. The third-order valence-corrected chi connectivity index (χ3v) is 5.48. The summed E-state index contributed by atoms with van der Waals surface area (Å²) < 4.78 is 5.48. The first-order valence-electron chi connectivity index (χ1n) is 8.55. The molecule has 1 amide bonds. The zero-order chi connectivity index (χ0) is 15.1. The molecule has 2 heterocycles. The largest absolute Gasteiger partial charge is 0.444 e. The van der Waals surface area contributed by atoms with Gasteiger partial charge in [-0.05, 0) is 71.3 Å². The lowest BCUT2D eigenvalue weighted by atomic mass is 9.52. The fourth-order valence-corrected chi connectivity index (χ4v) is 4.56. The molecular formula is C17H30N2O2. The van der Waals surface area contributed by atoms with E-state index in [1.54, 1.807) is 0 Å². The van der Waals surface area contributed by atoms with Crippen molar-refractivity contribution in [2.24, 2.45) is 5.41 Å². The molecule has 1 saturated carbocycles. The third kappa shape index (κ3) is 3.20. The highest BCUT2D eigenvalue weighted by Crippen LogP contribution is 2.57. The third-order valence-electron chi connectivity index (χ3n) is 5.48. The van der Waals surface area contributed by atoms with Crippen LogP contribution in [-0.4, -0.2) is 41.8 Å². The number of amides is 1. The van der Waals surface area contributed by atoms with Crippen molar-refractivity contribution in [2.75, 3.05) is 19.6 Å². The van der Waals surface area contributed by atoms with E-state index in [0.717, 1.165) is 25.9 Å². The molecule has 2 aliphatic heterocycles. The van der Waals surface area contributed by atoms with Crippen LogP contribution in [0.5, 0.6) is 0 Å². The molecule has 4 heteroatoms. The smallest absolute Gasteiger partial charge is 0.410 e. The second kappa shape index (κ2) is 5.15. The van der Waals surface area contributed by atoms with Crippen LogP contribution in [0, 0.1) is 5.41 Å². The fraction of sp³-hybridized carbons (Fsp3) is 0.941. The minimum atomic E-state index is -0.390. The molecule has 3 aliphatic rings. The summed E-state index contributed by atoms with van der Waals surface area (Å²) in [6.07, 6.45) is 8.87. The molecular weight excluding hydrogens is 264 g/mol. The Bertz CT molecular complexity index is 390. The van der Waals surface area contributed by atoms with E-state index in [-0.39, 0.29) is 6.09 Å². The molecule has 0 bridgehead atoms. The van der Waals surface area contributed by atoms with Crippen LogP contribution >= 0.6 is 0 Å². The first-order valence-corrected chi connectivity index (χ1v) is 8.55. The number of carbonyl (C=O) groups is 1. The summed E-state index contributed by atoms with van der Waals surface area (Å²) >= 11 is 0. The maximum atomic E-state index is 12.1. The summed E-state index contributed by atoms with van der Waals surface area (Å²) in [4.78, 5) is 14.0. The van der Waals surface area contributed by atoms with E-state index in [2.05, 4.69) is 5.32 Å². The van der Waals surface area contributed by atoms with Gasteiger partial charge in [0.2, 0.25) is 0 Å². The van der Waals surface area contributed by atoms with Gasteiger partial charge in [0, 0.05) is 18.6 Å². The topological polar surface area (TPSA) is 41.6 Å². The van der Waals surface area contributed by atoms with Crippen molar-refractivity contribution in [1.29, 1.82) is 0 Å². The van der Waals surface area contributed by atoms with Gasteiger partial charge in [-0.25, -0.2) is 4.79 Å². The Balaban J connectivity index is 1.49. The quantitative estimate of drug-likeness (QED) is 0.745. The van der Waals surface area contributed by atoms with E-state index in [4.69, 9.17) is 4.74 Å². The Morgan fingerprint density at radius 1 is 1.10 bits per heavy atom. The Kier molecular flexibility index (Phi) is 3.71. The van der Waals surface area contributed by atoms with Crippen LogP contribution in [0.3, 0.4) is 0 Å². The molecule has 4 nitrogen and oxygen atoms in total. The summed E-state index contributed by atoms with van der Waals surface area (Å²) in [6, 6.07) is 0. The molecule has 0 radical (unpaired) electrons. The van der Waals surface area contributed by atoms with Crippen LogP contribution in [-0.2, 0) is 4.74 Å². The molecule has 1 aliphatic carbocycles. The zero-order valence-corrected chi connectivity index (χ0v) is 13.8. The van der Waals surface area contributed by atoms with Crippen molar-refractivity contribution in [3.05, 3.63) is 0 Å². The highest BCUT2D eigenvalue weighted by Gasteiger charge is 2.55. The second-order valence-corrected chi connectivity index (χ2v) is 8.49. The number of carbonyl (C=O) groups excluding carboxylic acids is 1. The average Bonchev–Trinajstić information content (AvgIpc) is 2.37. The minimum Gasteiger partial charge on any atom is -0.444 e. The van der Waals surface area contributed by atoms with Gasteiger partial charge < -0.3 is 15.0 Å². The predicted octanol–water partition coefficient (Wildman–Crippen LogP) is 3.31. The molecule has 21 heavy (non-hydrogen) atoms. The zero-order valence-electron chi connectivity index (χ0n) is 13.8. The summed E-state index contributed by atoms with van der Waals surface area (Å²) in [5.41, 5.74) is 0.563. The van der Waals surface area contributed by atoms with E-state index >= 15 is 0 Å². The van der Waals surface area contributed by atoms with Crippen molar-refractivity contribution < 1.29 is 9.53 Å². The molecule has 3 rings (SSSR count). The molecule has 0 unspecified atom stereocenters. The van der Waals surface area contributed by atoms with E-state index < -0.39 is 5.60 Å². The van der Waals surface area contributed by atoms with E-state index in [1.807, 2.05) is 25.7 Å². The number of ether oxygens (including phenoxy) is 1. The Morgan fingerprint density at radius 2 is 1.76 bits per heavy atom. The first-order chi connectivity index (χ1) is 9.82. The number of likely N-dealkylation sites (tertiary alicyclic amines) is 1. The summed E-state index contributed by atoms with van der Waals surface area (Å²) in [5.74, 6) is 0. The number of hydrogen-bond donors (Lipinski definition) is 1. The van der Waals surface area contributed by atoms with Gasteiger partial charge in [0.1, 0.15) is 5.60 Å². The molecule has 3 fully saturated rings. The normalized spacial score (nSPS) is 27.5. The molecule has 120 valence electrons. The number of hydrogen-bond acceptors (Lipinski definition) is 3. The molecule has 2 spiro atoms. The van der Waals surface area contributed by atoms with Crippen LogP contribution in [0.4, 0.5) is 4.79 Å². The van der Waals surface area contributed by atoms with E-state index in [1.165, 1.54) is 38.6 Å². The van der Waals surface area contributed by atoms with Crippen LogP contribution in [0.15, 0.2) is 0 Å². The lowest BCUT2D eigenvalue weighted by Crippen LogP contribution is -2.64. The van der Waals surface area contributed by atoms with Gasteiger partial charge in [0.15, 0.2) is 0 Å². The predicted molar refractivity (Wildman–Crippen MR) is 83.3 cm³/mol.